The van der Waals surface area contributed by atoms with E-state index in [4.69, 9.17) is 10.5 Å². The molecule has 1 aliphatic rings. The summed E-state index contributed by atoms with van der Waals surface area (Å²) < 4.78 is 6.04. The lowest BCUT2D eigenvalue weighted by molar-refractivity contribution is -0.117. The predicted molar refractivity (Wildman–Crippen MR) is 147 cm³/mol. The number of amides is 1. The van der Waals surface area contributed by atoms with Gasteiger partial charge in [0, 0.05) is 40.6 Å². The molecule has 6 nitrogen and oxygen atoms in total. The third kappa shape index (κ3) is 4.84. The van der Waals surface area contributed by atoms with Crippen molar-refractivity contribution in [1.29, 1.82) is 0 Å². The molecule has 6 rings (SSSR count). The zero-order valence-corrected chi connectivity index (χ0v) is 20.4. The van der Waals surface area contributed by atoms with Crippen LogP contribution in [0.2, 0.25) is 0 Å². The van der Waals surface area contributed by atoms with Crippen LogP contribution in [0.1, 0.15) is 22.6 Å². The van der Waals surface area contributed by atoms with Crippen LogP contribution in [-0.4, -0.2) is 28.5 Å². The minimum Gasteiger partial charge on any atom is -0.490 e. The maximum Gasteiger partial charge on any atom is 0.232 e. The van der Waals surface area contributed by atoms with Gasteiger partial charge in [0.2, 0.25) is 5.91 Å². The van der Waals surface area contributed by atoms with Crippen LogP contribution in [0.25, 0.3) is 22.0 Å². The van der Waals surface area contributed by atoms with Crippen LogP contribution in [0.4, 0.5) is 5.69 Å². The third-order valence-corrected chi connectivity index (χ3v) is 6.95. The van der Waals surface area contributed by atoms with E-state index in [0.717, 1.165) is 33.5 Å². The van der Waals surface area contributed by atoms with Crippen molar-refractivity contribution in [2.24, 2.45) is 5.73 Å². The van der Waals surface area contributed by atoms with E-state index in [2.05, 4.69) is 45.6 Å². The highest BCUT2D eigenvalue weighted by atomic mass is 16.5. The highest BCUT2D eigenvalue weighted by Gasteiger charge is 2.30. The van der Waals surface area contributed by atoms with Crippen molar-refractivity contribution in [3.05, 3.63) is 114 Å². The molecule has 1 aliphatic heterocycles. The molecule has 0 saturated heterocycles. The zero-order valence-electron chi connectivity index (χ0n) is 20.4. The SMILES string of the molecule is N[C@@H](COc1cncc(-c2ccc3c(c2)C(Cc2ccccc2)C(=O)N3)c1)Cc1c[nH]c2ccccc12. The monoisotopic (exact) mass is 488 g/mol. The summed E-state index contributed by atoms with van der Waals surface area (Å²) >= 11 is 0. The van der Waals surface area contributed by atoms with Gasteiger partial charge in [-0.3, -0.25) is 9.78 Å². The van der Waals surface area contributed by atoms with E-state index in [1.165, 1.54) is 10.9 Å². The van der Waals surface area contributed by atoms with Gasteiger partial charge < -0.3 is 20.8 Å². The first-order valence-electron chi connectivity index (χ1n) is 12.5. The molecule has 184 valence electrons. The molecule has 1 amide bonds. The van der Waals surface area contributed by atoms with Crippen molar-refractivity contribution in [2.75, 3.05) is 11.9 Å². The Balaban J connectivity index is 1.16. The number of nitrogens with one attached hydrogen (secondary N) is 2. The highest BCUT2D eigenvalue weighted by molar-refractivity contribution is 6.03. The molecule has 2 aromatic heterocycles. The summed E-state index contributed by atoms with van der Waals surface area (Å²) in [5.41, 5.74) is 13.7. The third-order valence-electron chi connectivity index (χ3n) is 6.95. The average Bonchev–Trinajstić information content (AvgIpc) is 3.48. The van der Waals surface area contributed by atoms with Crippen LogP contribution < -0.4 is 15.8 Å². The molecule has 5 aromatic rings. The molecule has 0 saturated carbocycles. The molecule has 37 heavy (non-hydrogen) atoms. The highest BCUT2D eigenvalue weighted by Crippen LogP contribution is 2.38. The fourth-order valence-corrected chi connectivity index (χ4v) is 5.06. The number of pyridine rings is 1. The lowest BCUT2D eigenvalue weighted by Crippen LogP contribution is -2.30. The lowest BCUT2D eigenvalue weighted by Gasteiger charge is -2.14. The molecule has 1 unspecified atom stereocenters. The largest absolute Gasteiger partial charge is 0.490 e. The summed E-state index contributed by atoms with van der Waals surface area (Å²) in [6, 6.07) is 26.2. The van der Waals surface area contributed by atoms with Crippen molar-refractivity contribution in [3.63, 3.8) is 0 Å². The Morgan fingerprint density at radius 3 is 2.68 bits per heavy atom. The Kier molecular flexibility index (Phi) is 6.16. The number of benzene rings is 3. The van der Waals surface area contributed by atoms with Gasteiger partial charge >= 0.3 is 0 Å². The second-order valence-electron chi connectivity index (χ2n) is 9.58. The number of nitrogens with two attached hydrogens (primary N) is 1. The Hall–Kier alpha value is -4.42. The van der Waals surface area contributed by atoms with Gasteiger partial charge in [-0.05, 0) is 59.4 Å². The second-order valence-corrected chi connectivity index (χ2v) is 9.58. The Labute approximate surface area is 215 Å². The first kappa shape index (κ1) is 23.0. The van der Waals surface area contributed by atoms with Crippen molar-refractivity contribution in [1.82, 2.24) is 9.97 Å². The minimum atomic E-state index is -0.216. The summed E-state index contributed by atoms with van der Waals surface area (Å²) in [4.78, 5) is 20.4. The topological polar surface area (TPSA) is 93.0 Å². The molecule has 0 radical (unpaired) electrons. The molecule has 0 bridgehead atoms. The number of aromatic nitrogens is 2. The van der Waals surface area contributed by atoms with E-state index >= 15 is 0 Å². The first-order valence-corrected chi connectivity index (χ1v) is 12.5. The van der Waals surface area contributed by atoms with Gasteiger partial charge in [0.05, 0.1) is 12.1 Å². The molecule has 3 heterocycles. The van der Waals surface area contributed by atoms with Gasteiger partial charge in [-0.1, -0.05) is 54.6 Å². The lowest BCUT2D eigenvalue weighted by atomic mass is 9.91. The van der Waals surface area contributed by atoms with Gasteiger partial charge in [-0.15, -0.1) is 0 Å². The van der Waals surface area contributed by atoms with Crippen molar-refractivity contribution >= 4 is 22.5 Å². The first-order chi connectivity index (χ1) is 18.1. The van der Waals surface area contributed by atoms with Gasteiger partial charge in [-0.2, -0.15) is 0 Å². The van der Waals surface area contributed by atoms with E-state index in [1.54, 1.807) is 6.20 Å². The van der Waals surface area contributed by atoms with Crippen molar-refractivity contribution in [3.8, 4) is 16.9 Å². The van der Waals surface area contributed by atoms with Crippen LogP contribution in [0.5, 0.6) is 5.75 Å². The minimum absolute atomic E-state index is 0.0374. The molecule has 6 heteroatoms. The molecule has 0 spiro atoms. The molecule has 4 N–H and O–H groups in total. The quantitative estimate of drug-likeness (QED) is 0.271. The number of hydrogen-bond donors (Lipinski definition) is 3. The number of para-hydroxylation sites is 1. The van der Waals surface area contributed by atoms with E-state index in [0.29, 0.717) is 25.2 Å². The molecule has 0 fully saturated rings. The van der Waals surface area contributed by atoms with E-state index in [1.807, 2.05) is 60.9 Å². The number of ether oxygens (including phenoxy) is 1. The number of carbonyl (C=O) groups is 1. The summed E-state index contributed by atoms with van der Waals surface area (Å²) in [5.74, 6) is 0.491. The molecule has 2 atom stereocenters. The normalized spacial score (nSPS) is 15.4. The number of H-pyrrole nitrogens is 1. The number of aromatic amines is 1. The number of anilines is 1. The standard InChI is InChI=1S/C31H28N4O2/c32-24(13-23-17-34-29-9-5-4-8-26(23)29)19-37-25-14-22(16-33-18-25)21-10-11-30-27(15-21)28(31(36)35-30)12-20-6-2-1-3-7-20/h1-11,14-18,24,28,34H,12-13,19,32H2,(H,35,36)/t24-,28?/m1/s1. The molecule has 3 aromatic carbocycles. The number of rotatable bonds is 8. The zero-order chi connectivity index (χ0) is 25.2. The van der Waals surface area contributed by atoms with Crippen LogP contribution in [0, 0.1) is 0 Å². The Morgan fingerprint density at radius 2 is 1.78 bits per heavy atom. The summed E-state index contributed by atoms with van der Waals surface area (Å²) in [6.45, 7) is 0.381. The number of nitrogens with zero attached hydrogens (tertiary/aromatic N) is 1. The fraction of sp³-hybridized carbons (Fsp3) is 0.161. The van der Waals surface area contributed by atoms with Gasteiger partial charge in [-0.25, -0.2) is 0 Å². The summed E-state index contributed by atoms with van der Waals surface area (Å²) in [6.07, 6.45) is 6.92. The summed E-state index contributed by atoms with van der Waals surface area (Å²) in [7, 11) is 0. The number of fused-ring (bicyclic) bond motifs is 2. The van der Waals surface area contributed by atoms with Crippen LogP contribution >= 0.6 is 0 Å². The van der Waals surface area contributed by atoms with E-state index in [-0.39, 0.29) is 17.9 Å². The number of carbonyl (C=O) groups excluding carboxylic acids is 1. The molecular weight excluding hydrogens is 460 g/mol. The van der Waals surface area contributed by atoms with E-state index in [9.17, 15) is 4.79 Å². The molecule has 0 aliphatic carbocycles. The molecular formula is C31H28N4O2. The van der Waals surface area contributed by atoms with Crippen LogP contribution in [-0.2, 0) is 17.6 Å². The second kappa shape index (κ2) is 9.91. The fourth-order valence-electron chi connectivity index (χ4n) is 5.06. The van der Waals surface area contributed by atoms with Crippen molar-refractivity contribution < 1.29 is 9.53 Å². The van der Waals surface area contributed by atoms with Gasteiger partial charge in [0.1, 0.15) is 12.4 Å². The predicted octanol–water partition coefficient (Wildman–Crippen LogP) is 5.46. The van der Waals surface area contributed by atoms with Crippen LogP contribution in [0.15, 0.2) is 97.5 Å². The Bertz CT molecular complexity index is 1560. The Morgan fingerprint density at radius 1 is 0.946 bits per heavy atom. The summed E-state index contributed by atoms with van der Waals surface area (Å²) in [5, 5.41) is 4.22. The van der Waals surface area contributed by atoms with Crippen LogP contribution in [0.3, 0.4) is 0 Å². The average molecular weight is 489 g/mol. The smallest absolute Gasteiger partial charge is 0.232 e. The van der Waals surface area contributed by atoms with Gasteiger partial charge in [0.15, 0.2) is 0 Å². The van der Waals surface area contributed by atoms with E-state index < -0.39 is 0 Å². The van der Waals surface area contributed by atoms with Crippen molar-refractivity contribution in [2.45, 2.75) is 24.8 Å². The maximum atomic E-state index is 12.7. The maximum absolute atomic E-state index is 12.7. The van der Waals surface area contributed by atoms with Gasteiger partial charge in [0.25, 0.3) is 0 Å². The number of hydrogen-bond acceptors (Lipinski definition) is 4.